The first-order chi connectivity index (χ1) is 10.0. The molecular formula is C14H20N4O3. The van der Waals surface area contributed by atoms with Crippen LogP contribution in [0.25, 0.3) is 0 Å². The molecule has 21 heavy (non-hydrogen) atoms. The number of ether oxygens (including phenoxy) is 1. The number of nitrogens with zero attached hydrogens (tertiary/aromatic N) is 3. The zero-order valence-corrected chi connectivity index (χ0v) is 12.3. The standard InChI is InChI=1S/C14H20N4O3/c1-9(2)5-10-6-12(16-15-10)13(19)17-3-4-18-11(7-17)8-21-14(18)20/h6,9,11H,3-5,7-8H2,1-2H3,(H,15,16)/t11-/m1/s1. The Morgan fingerprint density at radius 1 is 1.52 bits per heavy atom. The largest absolute Gasteiger partial charge is 0.447 e. The van der Waals surface area contributed by atoms with Crippen LogP contribution in [0.3, 0.4) is 0 Å². The molecule has 7 heteroatoms. The number of rotatable bonds is 3. The zero-order valence-electron chi connectivity index (χ0n) is 12.3. The van der Waals surface area contributed by atoms with E-state index >= 15 is 0 Å². The van der Waals surface area contributed by atoms with Crippen LogP contribution in [0, 0.1) is 5.92 Å². The highest BCUT2D eigenvalue weighted by atomic mass is 16.6. The Hall–Kier alpha value is -2.05. The summed E-state index contributed by atoms with van der Waals surface area (Å²) >= 11 is 0. The molecular weight excluding hydrogens is 272 g/mol. The van der Waals surface area contributed by atoms with E-state index < -0.39 is 0 Å². The van der Waals surface area contributed by atoms with Crippen LogP contribution in [0.5, 0.6) is 0 Å². The van der Waals surface area contributed by atoms with Crippen LogP contribution in [0.15, 0.2) is 6.07 Å². The summed E-state index contributed by atoms with van der Waals surface area (Å²) in [6.07, 6.45) is 0.602. The van der Waals surface area contributed by atoms with Gasteiger partial charge in [0.05, 0.1) is 6.04 Å². The molecule has 114 valence electrons. The first-order valence-electron chi connectivity index (χ1n) is 7.31. The number of amides is 2. The van der Waals surface area contributed by atoms with Gasteiger partial charge in [-0.3, -0.25) is 14.8 Å². The zero-order chi connectivity index (χ0) is 15.0. The second-order valence-electron chi connectivity index (χ2n) is 6.05. The third kappa shape index (κ3) is 2.72. The molecule has 2 fully saturated rings. The lowest BCUT2D eigenvalue weighted by Gasteiger charge is -2.34. The van der Waals surface area contributed by atoms with Crippen LogP contribution in [0.1, 0.15) is 30.0 Å². The van der Waals surface area contributed by atoms with Gasteiger partial charge in [-0.25, -0.2) is 4.79 Å². The number of hydrogen-bond acceptors (Lipinski definition) is 4. The van der Waals surface area contributed by atoms with Crippen LogP contribution in [-0.2, 0) is 11.2 Å². The number of H-pyrrole nitrogens is 1. The van der Waals surface area contributed by atoms with Crippen LogP contribution >= 0.6 is 0 Å². The molecule has 0 spiro atoms. The molecule has 2 amide bonds. The quantitative estimate of drug-likeness (QED) is 0.897. The minimum Gasteiger partial charge on any atom is -0.447 e. The number of nitrogens with one attached hydrogen (secondary N) is 1. The molecule has 1 atom stereocenters. The van der Waals surface area contributed by atoms with Crippen molar-refractivity contribution in [1.29, 1.82) is 0 Å². The Kier molecular flexibility index (Phi) is 3.57. The first kappa shape index (κ1) is 13.9. The van der Waals surface area contributed by atoms with Crippen LogP contribution < -0.4 is 0 Å². The van der Waals surface area contributed by atoms with Crippen molar-refractivity contribution in [3.05, 3.63) is 17.5 Å². The Morgan fingerprint density at radius 2 is 2.33 bits per heavy atom. The number of piperazine rings is 1. The van der Waals surface area contributed by atoms with Crippen molar-refractivity contribution in [2.24, 2.45) is 5.92 Å². The normalized spacial score (nSPS) is 21.7. The van der Waals surface area contributed by atoms with E-state index in [2.05, 4.69) is 24.0 Å². The molecule has 3 heterocycles. The van der Waals surface area contributed by atoms with Gasteiger partial charge in [0.1, 0.15) is 12.3 Å². The third-order valence-electron chi connectivity index (χ3n) is 3.88. The Bertz CT molecular complexity index is 554. The van der Waals surface area contributed by atoms with E-state index in [-0.39, 0.29) is 18.0 Å². The lowest BCUT2D eigenvalue weighted by molar-refractivity contribution is 0.0611. The van der Waals surface area contributed by atoms with E-state index in [0.717, 1.165) is 12.1 Å². The molecule has 1 aromatic heterocycles. The summed E-state index contributed by atoms with van der Waals surface area (Å²) in [6.45, 7) is 6.17. The molecule has 0 saturated carbocycles. The van der Waals surface area contributed by atoms with Gasteiger partial charge >= 0.3 is 6.09 Å². The Labute approximate surface area is 123 Å². The summed E-state index contributed by atoms with van der Waals surface area (Å²) < 4.78 is 5.01. The molecule has 2 aliphatic rings. The van der Waals surface area contributed by atoms with Gasteiger partial charge in [-0.1, -0.05) is 13.8 Å². The molecule has 1 N–H and O–H groups in total. The van der Waals surface area contributed by atoms with Crippen molar-refractivity contribution in [1.82, 2.24) is 20.0 Å². The fourth-order valence-electron chi connectivity index (χ4n) is 2.85. The maximum Gasteiger partial charge on any atom is 0.410 e. The van der Waals surface area contributed by atoms with Crippen LogP contribution in [0.4, 0.5) is 4.79 Å². The number of aromatic nitrogens is 2. The summed E-state index contributed by atoms with van der Waals surface area (Å²) in [4.78, 5) is 27.4. The molecule has 2 saturated heterocycles. The van der Waals surface area contributed by atoms with Gasteiger partial charge < -0.3 is 9.64 Å². The predicted molar refractivity (Wildman–Crippen MR) is 74.9 cm³/mol. The number of carbonyl (C=O) groups is 2. The highest BCUT2D eigenvalue weighted by molar-refractivity contribution is 5.92. The van der Waals surface area contributed by atoms with Crippen molar-refractivity contribution in [2.45, 2.75) is 26.3 Å². The monoisotopic (exact) mass is 292 g/mol. The fourth-order valence-corrected chi connectivity index (χ4v) is 2.85. The first-order valence-corrected chi connectivity index (χ1v) is 7.31. The van der Waals surface area contributed by atoms with Gasteiger partial charge in [0.15, 0.2) is 0 Å². The summed E-state index contributed by atoms with van der Waals surface area (Å²) in [5.41, 5.74) is 1.43. The number of carbonyl (C=O) groups excluding carboxylic acids is 2. The maximum atomic E-state index is 12.5. The predicted octanol–water partition coefficient (Wildman–Crippen LogP) is 0.885. The molecule has 1 aromatic rings. The molecule has 3 rings (SSSR count). The van der Waals surface area contributed by atoms with Crippen molar-refractivity contribution < 1.29 is 14.3 Å². The SMILES string of the molecule is CC(C)Cc1cc(C(=O)N2CCN3C(=O)OC[C@H]3C2)n[nH]1. The summed E-state index contributed by atoms with van der Waals surface area (Å²) in [5.74, 6) is 0.429. The van der Waals surface area contributed by atoms with Crippen molar-refractivity contribution in [2.75, 3.05) is 26.2 Å². The van der Waals surface area contributed by atoms with Gasteiger partial charge in [0, 0.05) is 25.3 Å². The maximum absolute atomic E-state index is 12.5. The van der Waals surface area contributed by atoms with Crippen LogP contribution in [0.2, 0.25) is 0 Å². The van der Waals surface area contributed by atoms with E-state index in [1.54, 1.807) is 9.80 Å². The second-order valence-corrected chi connectivity index (χ2v) is 6.05. The average Bonchev–Trinajstić information content (AvgIpc) is 3.05. The number of cyclic esters (lactones) is 1. The highest BCUT2D eigenvalue weighted by Gasteiger charge is 2.39. The number of hydrogen-bond donors (Lipinski definition) is 1. The van der Waals surface area contributed by atoms with E-state index in [0.29, 0.717) is 37.9 Å². The summed E-state index contributed by atoms with van der Waals surface area (Å²) in [5, 5.41) is 7.04. The lowest BCUT2D eigenvalue weighted by Crippen LogP contribution is -2.53. The number of fused-ring (bicyclic) bond motifs is 1. The minimum atomic E-state index is -0.272. The average molecular weight is 292 g/mol. The molecule has 7 nitrogen and oxygen atoms in total. The fraction of sp³-hybridized carbons (Fsp3) is 0.643. The van der Waals surface area contributed by atoms with E-state index in [1.165, 1.54) is 0 Å². The van der Waals surface area contributed by atoms with Crippen molar-refractivity contribution >= 4 is 12.0 Å². The van der Waals surface area contributed by atoms with Crippen molar-refractivity contribution in [3.8, 4) is 0 Å². The molecule has 0 radical (unpaired) electrons. The van der Waals surface area contributed by atoms with Crippen molar-refractivity contribution in [3.63, 3.8) is 0 Å². The van der Waals surface area contributed by atoms with Gasteiger partial charge in [-0.15, -0.1) is 0 Å². The molecule has 2 aliphatic heterocycles. The second kappa shape index (κ2) is 5.38. The van der Waals surface area contributed by atoms with E-state index in [1.807, 2.05) is 6.07 Å². The smallest absolute Gasteiger partial charge is 0.410 e. The van der Waals surface area contributed by atoms with E-state index in [4.69, 9.17) is 4.74 Å². The Balaban J connectivity index is 1.66. The topological polar surface area (TPSA) is 78.5 Å². The minimum absolute atomic E-state index is 0.0238. The van der Waals surface area contributed by atoms with Gasteiger partial charge in [-0.05, 0) is 18.4 Å². The molecule has 0 aromatic carbocycles. The molecule has 0 bridgehead atoms. The third-order valence-corrected chi connectivity index (χ3v) is 3.88. The molecule has 0 unspecified atom stereocenters. The summed E-state index contributed by atoms with van der Waals surface area (Å²) in [6, 6.07) is 1.80. The molecule has 0 aliphatic carbocycles. The highest BCUT2D eigenvalue weighted by Crippen LogP contribution is 2.19. The van der Waals surface area contributed by atoms with Crippen LogP contribution in [-0.4, -0.2) is 64.3 Å². The van der Waals surface area contributed by atoms with E-state index in [9.17, 15) is 9.59 Å². The van der Waals surface area contributed by atoms with Gasteiger partial charge in [-0.2, -0.15) is 5.10 Å². The summed E-state index contributed by atoms with van der Waals surface area (Å²) in [7, 11) is 0. The number of aromatic amines is 1. The van der Waals surface area contributed by atoms with Gasteiger partial charge in [0.25, 0.3) is 5.91 Å². The lowest BCUT2D eigenvalue weighted by atomic mass is 10.1. The Morgan fingerprint density at radius 3 is 3.10 bits per heavy atom. The van der Waals surface area contributed by atoms with Gasteiger partial charge in [0.2, 0.25) is 0 Å².